The number of amides is 2. The number of anilines is 2. The number of halogens is 1. The molecule has 1 N–H and O–H groups in total. The molecule has 0 spiro atoms. The molecule has 0 saturated carbocycles. The van der Waals surface area contributed by atoms with Gasteiger partial charge in [0.15, 0.2) is 0 Å². The Morgan fingerprint density at radius 1 is 1.08 bits per heavy atom. The van der Waals surface area contributed by atoms with E-state index in [2.05, 4.69) is 48.3 Å². The van der Waals surface area contributed by atoms with Crippen molar-refractivity contribution >= 4 is 52.6 Å². The molecule has 0 saturated heterocycles. The average Bonchev–Trinajstić information content (AvgIpc) is 2.86. The molecular weight excluding hydrogens is 490 g/mol. The number of para-hydroxylation sites is 1. The molecule has 0 fully saturated rings. The van der Waals surface area contributed by atoms with E-state index in [1.165, 1.54) is 23.0 Å². The van der Waals surface area contributed by atoms with Crippen molar-refractivity contribution in [3.63, 3.8) is 0 Å². The first-order valence-electron chi connectivity index (χ1n) is 12.1. The molecule has 3 aromatic rings. The summed E-state index contributed by atoms with van der Waals surface area (Å²) in [5.41, 5.74) is 4.02. The van der Waals surface area contributed by atoms with Gasteiger partial charge in [0, 0.05) is 35.2 Å². The molecule has 0 unspecified atom stereocenters. The summed E-state index contributed by atoms with van der Waals surface area (Å²) in [4.78, 5) is 31.6. The number of carbonyl (C=O) groups is 2. The molecule has 1 aliphatic rings. The highest BCUT2D eigenvalue weighted by molar-refractivity contribution is 8.04. The van der Waals surface area contributed by atoms with Crippen molar-refractivity contribution in [3.05, 3.63) is 93.9 Å². The summed E-state index contributed by atoms with van der Waals surface area (Å²) in [5.74, 6) is -0.365. The Labute approximate surface area is 222 Å². The Morgan fingerprint density at radius 3 is 2.67 bits per heavy atom. The van der Waals surface area contributed by atoms with Gasteiger partial charge >= 0.3 is 0 Å². The molecule has 1 heterocycles. The molecule has 1 aliphatic heterocycles. The first-order chi connectivity index (χ1) is 17.4. The molecule has 7 heteroatoms. The topological polar surface area (TPSA) is 52.7 Å². The van der Waals surface area contributed by atoms with Crippen LogP contribution in [0.15, 0.2) is 82.6 Å². The van der Waals surface area contributed by atoms with E-state index in [-0.39, 0.29) is 18.4 Å². The van der Waals surface area contributed by atoms with Crippen LogP contribution in [0.4, 0.5) is 11.4 Å². The van der Waals surface area contributed by atoms with Crippen molar-refractivity contribution in [1.29, 1.82) is 0 Å². The standard InChI is InChI=1S/C29H30ClN3O2S/c1-3-32(24-12-6-9-21(2)17-24)16-8-15-31-28(34)20-33-25-13-4-5-14-26(25)36-27(29(33)35)19-22-10-7-11-23(30)18-22/h4-7,9-14,17-19H,3,8,15-16,20H2,1-2H3,(H,31,34)/b27-19-. The van der Waals surface area contributed by atoms with E-state index < -0.39 is 0 Å². The highest BCUT2D eigenvalue weighted by atomic mass is 35.5. The molecule has 3 aromatic carbocycles. The van der Waals surface area contributed by atoms with Crippen molar-refractivity contribution in [2.75, 3.05) is 36.0 Å². The predicted octanol–water partition coefficient (Wildman–Crippen LogP) is 6.16. The van der Waals surface area contributed by atoms with Crippen molar-refractivity contribution < 1.29 is 9.59 Å². The van der Waals surface area contributed by atoms with Crippen molar-refractivity contribution in [3.8, 4) is 0 Å². The Kier molecular flexibility index (Phi) is 8.73. The van der Waals surface area contributed by atoms with Gasteiger partial charge in [0.1, 0.15) is 6.54 Å². The predicted molar refractivity (Wildman–Crippen MR) is 151 cm³/mol. The van der Waals surface area contributed by atoms with Gasteiger partial charge in [-0.3, -0.25) is 14.5 Å². The number of benzene rings is 3. The number of nitrogens with zero attached hydrogens (tertiary/aromatic N) is 2. The molecule has 0 bridgehead atoms. The fourth-order valence-electron chi connectivity index (χ4n) is 4.16. The number of fused-ring (bicyclic) bond motifs is 1. The maximum atomic E-state index is 13.4. The van der Waals surface area contributed by atoms with Crippen LogP contribution in [-0.4, -0.2) is 38.0 Å². The number of rotatable bonds is 9. The van der Waals surface area contributed by atoms with Crippen LogP contribution in [0.3, 0.4) is 0 Å². The highest BCUT2D eigenvalue weighted by Crippen LogP contribution is 2.42. The molecule has 0 aliphatic carbocycles. The minimum Gasteiger partial charge on any atom is -0.372 e. The minimum absolute atomic E-state index is 0.0291. The highest BCUT2D eigenvalue weighted by Gasteiger charge is 2.30. The largest absolute Gasteiger partial charge is 0.372 e. The van der Waals surface area contributed by atoms with Crippen LogP contribution >= 0.6 is 23.4 Å². The molecule has 0 atom stereocenters. The Bertz CT molecular complexity index is 1280. The maximum Gasteiger partial charge on any atom is 0.265 e. The molecule has 36 heavy (non-hydrogen) atoms. The van der Waals surface area contributed by atoms with E-state index >= 15 is 0 Å². The Balaban J connectivity index is 1.39. The second-order valence-corrected chi connectivity index (χ2v) is 10.2. The first kappa shape index (κ1) is 25.9. The number of hydrogen-bond donors (Lipinski definition) is 1. The Morgan fingerprint density at radius 2 is 1.89 bits per heavy atom. The van der Waals surface area contributed by atoms with Crippen molar-refractivity contribution in [1.82, 2.24) is 5.32 Å². The van der Waals surface area contributed by atoms with E-state index in [1.54, 1.807) is 11.0 Å². The Hall–Kier alpha value is -3.22. The van der Waals surface area contributed by atoms with Gasteiger partial charge in [0.25, 0.3) is 5.91 Å². The van der Waals surface area contributed by atoms with Crippen LogP contribution in [0, 0.1) is 6.92 Å². The molecule has 5 nitrogen and oxygen atoms in total. The molecule has 2 amide bonds. The fraction of sp³-hybridized carbons (Fsp3) is 0.241. The van der Waals surface area contributed by atoms with Gasteiger partial charge < -0.3 is 10.2 Å². The lowest BCUT2D eigenvalue weighted by molar-refractivity contribution is -0.122. The van der Waals surface area contributed by atoms with Gasteiger partial charge in [-0.2, -0.15) is 0 Å². The second kappa shape index (κ2) is 12.2. The van der Waals surface area contributed by atoms with Gasteiger partial charge in [-0.1, -0.05) is 59.8 Å². The van der Waals surface area contributed by atoms with E-state index in [9.17, 15) is 9.59 Å². The van der Waals surface area contributed by atoms with Crippen molar-refractivity contribution in [2.45, 2.75) is 25.2 Å². The molecular formula is C29H30ClN3O2S. The van der Waals surface area contributed by atoms with Gasteiger partial charge in [-0.15, -0.1) is 0 Å². The van der Waals surface area contributed by atoms with E-state index in [0.29, 0.717) is 16.5 Å². The van der Waals surface area contributed by atoms with Gasteiger partial charge in [-0.05, 0) is 73.9 Å². The van der Waals surface area contributed by atoms with E-state index in [1.807, 2.05) is 48.5 Å². The quantitative estimate of drug-likeness (QED) is 0.272. The third kappa shape index (κ3) is 6.50. The lowest BCUT2D eigenvalue weighted by Crippen LogP contribution is -2.43. The zero-order valence-electron chi connectivity index (χ0n) is 20.5. The first-order valence-corrected chi connectivity index (χ1v) is 13.3. The summed E-state index contributed by atoms with van der Waals surface area (Å²) in [6.07, 6.45) is 2.64. The minimum atomic E-state index is -0.189. The van der Waals surface area contributed by atoms with Gasteiger partial charge in [-0.25, -0.2) is 0 Å². The zero-order valence-corrected chi connectivity index (χ0v) is 22.1. The van der Waals surface area contributed by atoms with Gasteiger partial charge in [0.2, 0.25) is 5.91 Å². The monoisotopic (exact) mass is 519 g/mol. The van der Waals surface area contributed by atoms with E-state index in [4.69, 9.17) is 11.6 Å². The molecule has 4 rings (SSSR count). The number of carbonyl (C=O) groups excluding carboxylic acids is 2. The molecule has 186 valence electrons. The normalized spacial score (nSPS) is 14.0. The third-order valence-electron chi connectivity index (χ3n) is 5.96. The van der Waals surface area contributed by atoms with Crippen LogP contribution < -0.4 is 15.1 Å². The fourth-order valence-corrected chi connectivity index (χ4v) is 5.42. The van der Waals surface area contributed by atoms with Crippen LogP contribution in [0.5, 0.6) is 0 Å². The van der Waals surface area contributed by atoms with Gasteiger partial charge in [0.05, 0.1) is 10.6 Å². The summed E-state index contributed by atoms with van der Waals surface area (Å²) >= 11 is 7.53. The van der Waals surface area contributed by atoms with Crippen LogP contribution in [0.25, 0.3) is 6.08 Å². The van der Waals surface area contributed by atoms with Crippen molar-refractivity contribution in [2.24, 2.45) is 0 Å². The average molecular weight is 520 g/mol. The molecule has 0 radical (unpaired) electrons. The SMILES string of the molecule is CCN(CCCNC(=O)CN1C(=O)/C(=C/c2cccc(Cl)c2)Sc2ccccc21)c1cccc(C)c1. The summed E-state index contributed by atoms with van der Waals surface area (Å²) < 4.78 is 0. The van der Waals surface area contributed by atoms with E-state index in [0.717, 1.165) is 35.7 Å². The maximum absolute atomic E-state index is 13.4. The number of nitrogens with one attached hydrogen (secondary N) is 1. The summed E-state index contributed by atoms with van der Waals surface area (Å²) in [6.45, 7) is 6.48. The third-order valence-corrected chi connectivity index (χ3v) is 7.27. The molecule has 0 aromatic heterocycles. The number of hydrogen-bond acceptors (Lipinski definition) is 4. The van der Waals surface area contributed by atoms with Crippen LogP contribution in [-0.2, 0) is 9.59 Å². The summed E-state index contributed by atoms with van der Waals surface area (Å²) in [6, 6.07) is 23.5. The number of aryl methyl sites for hydroxylation is 1. The lowest BCUT2D eigenvalue weighted by atomic mass is 10.2. The summed E-state index contributed by atoms with van der Waals surface area (Å²) in [7, 11) is 0. The zero-order chi connectivity index (χ0) is 25.5. The summed E-state index contributed by atoms with van der Waals surface area (Å²) in [5, 5.41) is 3.60. The second-order valence-electron chi connectivity index (χ2n) is 8.65. The lowest BCUT2D eigenvalue weighted by Gasteiger charge is -2.30. The van der Waals surface area contributed by atoms with Crippen LogP contribution in [0.2, 0.25) is 5.02 Å². The smallest absolute Gasteiger partial charge is 0.265 e. The van der Waals surface area contributed by atoms with Crippen LogP contribution in [0.1, 0.15) is 24.5 Å². The number of thioether (sulfide) groups is 1.